The van der Waals surface area contributed by atoms with Crippen molar-refractivity contribution in [1.82, 2.24) is 10.2 Å². The van der Waals surface area contributed by atoms with Crippen LogP contribution in [0.15, 0.2) is 21.1 Å². The summed E-state index contributed by atoms with van der Waals surface area (Å²) in [6, 6.07) is 0. The first kappa shape index (κ1) is 22.6. The third kappa shape index (κ3) is 5.21. The fourth-order valence-electron chi connectivity index (χ4n) is 3.09. The number of aliphatic imine (C=N–C) groups is 1. The minimum Gasteiger partial charge on any atom is -0.442 e. The molecule has 0 spiro atoms. The van der Waals surface area contributed by atoms with E-state index in [9.17, 15) is 9.59 Å². The molecule has 11 heteroatoms. The number of halogens is 1. The highest BCUT2D eigenvalue weighted by Gasteiger charge is 2.49. The second-order valence-corrected chi connectivity index (χ2v) is 10.0. The number of hydrogen-bond acceptors (Lipinski definition) is 5. The largest absolute Gasteiger partial charge is 0.442 e. The van der Waals surface area contributed by atoms with Crippen LogP contribution in [0.5, 0.6) is 0 Å². The van der Waals surface area contributed by atoms with Crippen LogP contribution in [-0.4, -0.2) is 58.2 Å². The molecule has 0 aliphatic carbocycles. The molecule has 2 aliphatic heterocycles. The SMILES string of the molecule is CN1C(=O)[C@H](CCN=[N+]=[N-])[C@@](C)(C2=CC(Br)CS2)N/C1=N\C(=O)OC(C)(C)C. The number of rotatable bonds is 4. The number of carbonyl (C=O) groups is 2. The van der Waals surface area contributed by atoms with E-state index in [4.69, 9.17) is 10.3 Å². The molecule has 0 bridgehead atoms. The minimum atomic E-state index is -0.775. The maximum Gasteiger partial charge on any atom is 0.437 e. The molecule has 0 aromatic heterocycles. The first-order valence-electron chi connectivity index (χ1n) is 8.85. The number of thioether (sulfide) groups is 1. The Morgan fingerprint density at radius 1 is 1.57 bits per heavy atom. The van der Waals surface area contributed by atoms with Crippen LogP contribution in [-0.2, 0) is 9.53 Å². The minimum absolute atomic E-state index is 0.140. The predicted molar refractivity (Wildman–Crippen MR) is 113 cm³/mol. The van der Waals surface area contributed by atoms with Crippen LogP contribution in [0.3, 0.4) is 0 Å². The monoisotopic (exact) mass is 472 g/mol. The highest BCUT2D eigenvalue weighted by Crippen LogP contribution is 2.43. The summed E-state index contributed by atoms with van der Waals surface area (Å²) in [6.07, 6.45) is 1.67. The van der Waals surface area contributed by atoms with Gasteiger partial charge in [-0.2, -0.15) is 0 Å². The van der Waals surface area contributed by atoms with Crippen molar-refractivity contribution in [3.63, 3.8) is 0 Å². The van der Waals surface area contributed by atoms with Gasteiger partial charge in [-0.05, 0) is 39.6 Å². The summed E-state index contributed by atoms with van der Waals surface area (Å²) in [6.45, 7) is 7.36. The fraction of sp³-hybridized carbons (Fsp3) is 0.706. The van der Waals surface area contributed by atoms with Gasteiger partial charge in [0, 0.05) is 34.0 Å². The Hall–Kier alpha value is -1.71. The Morgan fingerprint density at radius 3 is 2.79 bits per heavy atom. The molecule has 2 amide bonds. The Morgan fingerprint density at radius 2 is 2.25 bits per heavy atom. The van der Waals surface area contributed by atoms with Crippen molar-refractivity contribution in [2.24, 2.45) is 16.0 Å². The van der Waals surface area contributed by atoms with Crippen molar-refractivity contribution in [3.8, 4) is 0 Å². The van der Waals surface area contributed by atoms with Gasteiger partial charge in [0.2, 0.25) is 11.9 Å². The molecular weight excluding hydrogens is 448 g/mol. The summed E-state index contributed by atoms with van der Waals surface area (Å²) >= 11 is 5.22. The highest BCUT2D eigenvalue weighted by atomic mass is 79.9. The second-order valence-electron chi connectivity index (χ2n) is 7.79. The quantitative estimate of drug-likeness (QED) is 0.288. The number of nitrogens with one attached hydrogen (secondary N) is 1. The molecule has 2 heterocycles. The first-order valence-corrected chi connectivity index (χ1v) is 10.8. The normalized spacial score (nSPS) is 29.2. The van der Waals surface area contributed by atoms with Crippen molar-refractivity contribution in [1.29, 1.82) is 0 Å². The van der Waals surface area contributed by atoms with Crippen LogP contribution >= 0.6 is 27.7 Å². The van der Waals surface area contributed by atoms with Crippen LogP contribution in [0.2, 0.25) is 0 Å². The predicted octanol–water partition coefficient (Wildman–Crippen LogP) is 3.81. The maximum absolute atomic E-state index is 13.1. The van der Waals surface area contributed by atoms with Gasteiger partial charge in [-0.15, -0.1) is 16.8 Å². The third-order valence-corrected chi connectivity index (χ3v) is 6.84. The van der Waals surface area contributed by atoms with Gasteiger partial charge in [0.15, 0.2) is 0 Å². The van der Waals surface area contributed by atoms with E-state index >= 15 is 0 Å². The molecule has 1 fully saturated rings. The molecular formula is C17H25BrN6O3S. The summed E-state index contributed by atoms with van der Waals surface area (Å²) in [4.78, 5) is 34.6. The summed E-state index contributed by atoms with van der Waals surface area (Å²) in [7, 11) is 1.56. The van der Waals surface area contributed by atoms with E-state index in [0.717, 1.165) is 10.7 Å². The number of azide groups is 1. The van der Waals surface area contributed by atoms with Crippen LogP contribution in [0.25, 0.3) is 10.4 Å². The van der Waals surface area contributed by atoms with E-state index in [1.165, 1.54) is 4.90 Å². The topological polar surface area (TPSA) is 120 Å². The van der Waals surface area contributed by atoms with Gasteiger partial charge in [-0.1, -0.05) is 27.1 Å². The van der Waals surface area contributed by atoms with Gasteiger partial charge in [-0.25, -0.2) is 4.79 Å². The lowest BCUT2D eigenvalue weighted by atomic mass is 9.79. The molecule has 9 nitrogen and oxygen atoms in total. The molecule has 0 saturated carbocycles. The average Bonchev–Trinajstić information content (AvgIpc) is 3.01. The number of nitrogens with zero attached hydrogens (tertiary/aromatic N) is 5. The Bertz CT molecular complexity index is 758. The third-order valence-electron chi connectivity index (χ3n) is 4.43. The van der Waals surface area contributed by atoms with Crippen molar-refractivity contribution >= 4 is 45.7 Å². The molecule has 0 aromatic rings. The van der Waals surface area contributed by atoms with Gasteiger partial charge < -0.3 is 10.1 Å². The van der Waals surface area contributed by atoms with Crippen LogP contribution in [0.1, 0.15) is 34.1 Å². The molecule has 2 aliphatic rings. The van der Waals surface area contributed by atoms with E-state index in [1.807, 2.05) is 6.92 Å². The van der Waals surface area contributed by atoms with Gasteiger partial charge in [0.05, 0.1) is 11.5 Å². The van der Waals surface area contributed by atoms with Crippen LogP contribution in [0, 0.1) is 5.92 Å². The van der Waals surface area contributed by atoms with Crippen molar-refractivity contribution < 1.29 is 14.3 Å². The lowest BCUT2D eigenvalue weighted by Gasteiger charge is -2.46. The van der Waals surface area contributed by atoms with E-state index < -0.39 is 23.2 Å². The molecule has 28 heavy (non-hydrogen) atoms. The average molecular weight is 473 g/mol. The highest BCUT2D eigenvalue weighted by molar-refractivity contribution is 9.09. The summed E-state index contributed by atoms with van der Waals surface area (Å²) in [5.41, 5.74) is 7.12. The molecule has 1 N–H and O–H groups in total. The zero-order valence-electron chi connectivity index (χ0n) is 16.6. The lowest BCUT2D eigenvalue weighted by molar-refractivity contribution is -0.134. The molecule has 0 aromatic carbocycles. The Balaban J connectivity index is 2.39. The number of allylic oxidation sites excluding steroid dienone is 1. The van der Waals surface area contributed by atoms with E-state index in [1.54, 1.807) is 39.6 Å². The van der Waals surface area contributed by atoms with E-state index in [2.05, 4.69) is 42.3 Å². The molecule has 0 radical (unpaired) electrons. The van der Waals surface area contributed by atoms with Crippen LogP contribution in [0.4, 0.5) is 4.79 Å². The van der Waals surface area contributed by atoms with Crippen LogP contribution < -0.4 is 5.32 Å². The number of hydrogen-bond donors (Lipinski definition) is 1. The number of alkyl halides is 1. The standard InChI is InChI=1S/C17H25BrN6O3S/c1-16(2,3)27-15(26)21-14-22-17(4,12-8-10(18)9-28-12)11(6-7-20-23-19)13(25)24(14)5/h8,10-11H,6-7,9H2,1-5H3,(H,21,22,26)/t10?,11-,17-/m0/s1. The van der Waals surface area contributed by atoms with Crippen molar-refractivity contribution in [2.45, 2.75) is 50.1 Å². The number of ether oxygens (including phenoxy) is 1. The molecule has 3 atom stereocenters. The summed E-state index contributed by atoms with van der Waals surface area (Å²) in [5.74, 6) is 0.313. The second kappa shape index (κ2) is 8.75. The lowest BCUT2D eigenvalue weighted by Crippen LogP contribution is -2.66. The van der Waals surface area contributed by atoms with Gasteiger partial charge in [0.25, 0.3) is 0 Å². The molecule has 154 valence electrons. The first-order chi connectivity index (χ1) is 13.0. The fourth-order valence-corrected chi connectivity index (χ4v) is 5.12. The van der Waals surface area contributed by atoms with Gasteiger partial charge in [0.1, 0.15) is 5.60 Å². The zero-order valence-corrected chi connectivity index (χ0v) is 19.0. The molecule has 2 rings (SSSR count). The van der Waals surface area contributed by atoms with E-state index in [0.29, 0.717) is 6.42 Å². The smallest absolute Gasteiger partial charge is 0.437 e. The number of amides is 2. The van der Waals surface area contributed by atoms with E-state index in [-0.39, 0.29) is 23.2 Å². The Labute approximate surface area is 177 Å². The summed E-state index contributed by atoms with van der Waals surface area (Å²) in [5, 5.41) is 6.86. The Kier molecular flexibility index (Phi) is 7.06. The van der Waals surface area contributed by atoms with Gasteiger partial charge >= 0.3 is 6.09 Å². The maximum atomic E-state index is 13.1. The number of carbonyl (C=O) groups excluding carboxylic acids is 2. The molecule has 1 saturated heterocycles. The van der Waals surface area contributed by atoms with Crippen molar-refractivity contribution in [3.05, 3.63) is 21.4 Å². The molecule has 1 unspecified atom stereocenters. The number of guanidine groups is 1. The van der Waals surface area contributed by atoms with Gasteiger partial charge in [-0.3, -0.25) is 9.69 Å². The summed E-state index contributed by atoms with van der Waals surface area (Å²) < 4.78 is 5.25. The zero-order chi connectivity index (χ0) is 21.1. The van der Waals surface area contributed by atoms with Crippen molar-refractivity contribution in [2.75, 3.05) is 19.3 Å².